The second kappa shape index (κ2) is 9.87. The van der Waals surface area contributed by atoms with Gasteiger partial charge in [-0.05, 0) is 54.6 Å². The smallest absolute Gasteiger partial charge is 0.319 e. The summed E-state index contributed by atoms with van der Waals surface area (Å²) in [5.41, 5.74) is -0.284. The normalized spacial score (nSPS) is 26.0. The molecular formula is C33H30F3N5O3. The second-order valence-electron chi connectivity index (χ2n) is 12.3. The SMILES string of the molecule is C#Cc1c(F)ccc2cc(O)cc(-c3cc4c5c(nc(OC[C@@]67CCCN6C[C@H](F)C7)nc5c3F)N(C)[C@H]3CNC[C@@H]3O4)c12. The highest BCUT2D eigenvalue weighted by molar-refractivity contribution is 6.05. The first kappa shape index (κ1) is 27.3. The third-order valence-electron chi connectivity index (χ3n) is 9.79. The van der Waals surface area contributed by atoms with E-state index in [-0.39, 0.29) is 58.1 Å². The minimum atomic E-state index is -0.923. The van der Waals surface area contributed by atoms with Crippen molar-refractivity contribution in [2.24, 2.45) is 0 Å². The van der Waals surface area contributed by atoms with E-state index in [1.165, 1.54) is 24.3 Å². The fourth-order valence-electron chi connectivity index (χ4n) is 7.71. The summed E-state index contributed by atoms with van der Waals surface area (Å²) >= 11 is 0. The van der Waals surface area contributed by atoms with Gasteiger partial charge < -0.3 is 24.8 Å². The van der Waals surface area contributed by atoms with Crippen molar-refractivity contribution >= 4 is 27.5 Å². The van der Waals surface area contributed by atoms with E-state index in [9.17, 15) is 13.9 Å². The third kappa shape index (κ3) is 4.01. The van der Waals surface area contributed by atoms with E-state index in [4.69, 9.17) is 20.9 Å². The molecule has 4 aliphatic rings. The number of phenolic OH excluding ortho intramolecular Hbond substituents is 1. The molecule has 3 saturated heterocycles. The molecule has 0 radical (unpaired) electrons. The highest BCUT2D eigenvalue weighted by atomic mass is 19.1. The van der Waals surface area contributed by atoms with Gasteiger partial charge in [-0.2, -0.15) is 9.97 Å². The van der Waals surface area contributed by atoms with Crippen molar-refractivity contribution < 1.29 is 27.8 Å². The zero-order valence-corrected chi connectivity index (χ0v) is 24.0. The van der Waals surface area contributed by atoms with Crippen LogP contribution in [0.4, 0.5) is 19.0 Å². The van der Waals surface area contributed by atoms with Crippen LogP contribution in [-0.4, -0.2) is 83.7 Å². The molecule has 4 atom stereocenters. The first-order valence-corrected chi connectivity index (χ1v) is 14.8. The number of anilines is 1. The van der Waals surface area contributed by atoms with Gasteiger partial charge >= 0.3 is 6.01 Å². The Morgan fingerprint density at radius 2 is 2.05 bits per heavy atom. The molecule has 8 nitrogen and oxygen atoms in total. The van der Waals surface area contributed by atoms with Gasteiger partial charge in [0.2, 0.25) is 0 Å². The molecule has 0 aliphatic carbocycles. The standard InChI is InChI=1S/C33H30F3N5O3/c1-3-20-23(35)6-5-17-9-19(42)10-21(27(17)20)22-11-25-28-30(29(22)36)38-32(39-31(28)40(2)24-13-37-14-26(24)44-25)43-16-33-7-4-8-41(33)15-18(34)12-33/h1,5-6,9-11,18,24,26,37,42H,4,7-8,12-16H2,2H3/t18-,24+,26+,33+/m1/s1. The number of nitrogens with one attached hydrogen (secondary N) is 1. The van der Waals surface area contributed by atoms with Crippen LogP contribution in [0.5, 0.6) is 17.5 Å². The van der Waals surface area contributed by atoms with Crippen LogP contribution >= 0.6 is 0 Å². The van der Waals surface area contributed by atoms with Gasteiger partial charge in [0.1, 0.15) is 47.5 Å². The zero-order valence-electron chi connectivity index (χ0n) is 24.0. The van der Waals surface area contributed by atoms with Crippen LogP contribution in [0, 0.1) is 24.0 Å². The van der Waals surface area contributed by atoms with Gasteiger partial charge in [0.05, 0.1) is 22.5 Å². The summed E-state index contributed by atoms with van der Waals surface area (Å²) in [6.07, 6.45) is 6.65. The Morgan fingerprint density at radius 1 is 1.18 bits per heavy atom. The Kier molecular flexibility index (Phi) is 6.12. The summed E-state index contributed by atoms with van der Waals surface area (Å²) in [5.74, 6) is 1.71. The monoisotopic (exact) mass is 601 g/mol. The summed E-state index contributed by atoms with van der Waals surface area (Å²) in [6.45, 7) is 2.57. The molecule has 2 N–H and O–H groups in total. The molecule has 11 heteroatoms. The number of alkyl halides is 1. The average Bonchev–Trinajstić information content (AvgIpc) is 3.69. The van der Waals surface area contributed by atoms with Crippen LogP contribution in [0.3, 0.4) is 0 Å². The number of likely N-dealkylation sites (N-methyl/N-ethyl adjacent to an activating group) is 1. The number of terminal acetylenes is 1. The maximum atomic E-state index is 16.9. The highest BCUT2D eigenvalue weighted by Gasteiger charge is 2.49. The largest absolute Gasteiger partial charge is 0.508 e. The molecule has 1 aromatic heterocycles. The van der Waals surface area contributed by atoms with Crippen molar-refractivity contribution in [3.63, 3.8) is 0 Å². The molecule has 0 unspecified atom stereocenters. The molecule has 8 rings (SSSR count). The maximum Gasteiger partial charge on any atom is 0.319 e. The Labute approximate surface area is 251 Å². The molecule has 0 saturated carbocycles. The van der Waals surface area contributed by atoms with Crippen LogP contribution < -0.4 is 19.7 Å². The van der Waals surface area contributed by atoms with Crippen molar-refractivity contribution in [3.8, 4) is 41.0 Å². The summed E-state index contributed by atoms with van der Waals surface area (Å²) in [7, 11) is 1.88. The Bertz CT molecular complexity index is 1900. The molecule has 3 fully saturated rings. The Hall–Kier alpha value is -4.27. The number of aromatic hydroxyl groups is 1. The fraction of sp³-hybridized carbons (Fsp3) is 0.394. The molecule has 4 aliphatic heterocycles. The van der Waals surface area contributed by atoms with Gasteiger partial charge in [-0.15, -0.1) is 6.42 Å². The topological polar surface area (TPSA) is 83.0 Å². The first-order chi connectivity index (χ1) is 21.3. The number of fused-ring (bicyclic) bond motifs is 3. The minimum Gasteiger partial charge on any atom is -0.508 e. The van der Waals surface area contributed by atoms with E-state index in [1.54, 1.807) is 6.07 Å². The van der Waals surface area contributed by atoms with E-state index in [2.05, 4.69) is 21.1 Å². The fourth-order valence-corrected chi connectivity index (χ4v) is 7.71. The van der Waals surface area contributed by atoms with E-state index in [0.29, 0.717) is 48.4 Å². The molecular weight excluding hydrogens is 571 g/mol. The van der Waals surface area contributed by atoms with Crippen molar-refractivity contribution in [1.82, 2.24) is 20.2 Å². The first-order valence-electron chi connectivity index (χ1n) is 14.8. The summed E-state index contributed by atoms with van der Waals surface area (Å²) in [5, 5.41) is 15.1. The van der Waals surface area contributed by atoms with E-state index in [1.807, 2.05) is 11.9 Å². The van der Waals surface area contributed by atoms with Crippen LogP contribution in [0.1, 0.15) is 24.8 Å². The maximum absolute atomic E-state index is 16.9. The number of rotatable bonds is 4. The van der Waals surface area contributed by atoms with Gasteiger partial charge in [0, 0.05) is 44.1 Å². The molecule has 0 spiro atoms. The number of aromatic nitrogens is 2. The van der Waals surface area contributed by atoms with Crippen LogP contribution in [0.15, 0.2) is 30.3 Å². The van der Waals surface area contributed by atoms with Crippen molar-refractivity contribution in [3.05, 3.63) is 47.5 Å². The third-order valence-corrected chi connectivity index (χ3v) is 9.79. The zero-order chi connectivity index (χ0) is 30.3. The molecule has 0 bridgehead atoms. The average molecular weight is 602 g/mol. The van der Waals surface area contributed by atoms with Gasteiger partial charge in [0.15, 0.2) is 5.82 Å². The van der Waals surface area contributed by atoms with E-state index < -0.39 is 23.3 Å². The van der Waals surface area contributed by atoms with Gasteiger partial charge in [-0.1, -0.05) is 12.0 Å². The number of ether oxygens (including phenoxy) is 2. The Morgan fingerprint density at radius 3 is 2.89 bits per heavy atom. The Balaban J connectivity index is 1.34. The molecule has 4 aromatic rings. The lowest BCUT2D eigenvalue weighted by molar-refractivity contribution is 0.107. The number of benzene rings is 3. The number of hydrogen-bond acceptors (Lipinski definition) is 8. The van der Waals surface area contributed by atoms with Crippen LogP contribution in [0.2, 0.25) is 0 Å². The summed E-state index contributed by atoms with van der Waals surface area (Å²) < 4.78 is 58.9. The molecule has 3 aromatic carbocycles. The van der Waals surface area contributed by atoms with Gasteiger partial charge in [0.25, 0.3) is 0 Å². The lowest BCUT2D eigenvalue weighted by Crippen LogP contribution is -2.44. The van der Waals surface area contributed by atoms with Gasteiger partial charge in [-0.25, -0.2) is 13.2 Å². The predicted octanol–water partition coefficient (Wildman–Crippen LogP) is 4.54. The summed E-state index contributed by atoms with van der Waals surface area (Å²) in [4.78, 5) is 13.4. The lowest BCUT2D eigenvalue weighted by Gasteiger charge is -2.31. The number of nitrogens with zero attached hydrogens (tertiary/aromatic N) is 4. The number of phenols is 1. The molecule has 5 heterocycles. The molecule has 44 heavy (non-hydrogen) atoms. The molecule has 226 valence electrons. The van der Waals surface area contributed by atoms with E-state index in [0.717, 1.165) is 19.4 Å². The highest BCUT2D eigenvalue weighted by Crippen LogP contribution is 2.46. The number of hydrogen-bond donors (Lipinski definition) is 2. The second-order valence-corrected chi connectivity index (χ2v) is 12.3. The minimum absolute atomic E-state index is 0.0228. The predicted molar refractivity (Wildman–Crippen MR) is 160 cm³/mol. The van der Waals surface area contributed by atoms with Crippen molar-refractivity contribution in [1.29, 1.82) is 0 Å². The van der Waals surface area contributed by atoms with Crippen molar-refractivity contribution in [2.45, 2.75) is 43.1 Å². The van der Waals surface area contributed by atoms with Gasteiger partial charge in [-0.3, -0.25) is 4.90 Å². The quantitative estimate of drug-likeness (QED) is 0.330. The molecule has 0 amide bonds. The number of halogens is 3. The van der Waals surface area contributed by atoms with Crippen LogP contribution in [0.25, 0.3) is 32.8 Å². The van der Waals surface area contributed by atoms with E-state index >= 15 is 4.39 Å². The summed E-state index contributed by atoms with van der Waals surface area (Å²) in [6, 6.07) is 6.96. The van der Waals surface area contributed by atoms with Crippen LogP contribution in [-0.2, 0) is 0 Å². The lowest BCUT2D eigenvalue weighted by atomic mass is 9.92. The van der Waals surface area contributed by atoms with Crippen molar-refractivity contribution in [2.75, 3.05) is 44.7 Å².